The van der Waals surface area contributed by atoms with Crippen LogP contribution in [0.15, 0.2) is 73.1 Å². The van der Waals surface area contributed by atoms with Crippen molar-refractivity contribution in [3.05, 3.63) is 95.3 Å². The first-order valence-electron chi connectivity index (χ1n) is 10.2. The molecule has 2 N–H and O–H groups in total. The number of esters is 2. The van der Waals surface area contributed by atoms with Crippen molar-refractivity contribution >= 4 is 29.5 Å². The van der Waals surface area contributed by atoms with Crippen molar-refractivity contribution in [1.82, 2.24) is 4.98 Å². The van der Waals surface area contributed by atoms with Crippen LogP contribution in [0.4, 0.5) is 5.69 Å². The second kappa shape index (κ2) is 10.9. The first-order valence-corrected chi connectivity index (χ1v) is 10.2. The summed E-state index contributed by atoms with van der Waals surface area (Å²) in [5, 5.41) is 12.2. The highest BCUT2D eigenvalue weighted by Gasteiger charge is 2.41. The maximum atomic E-state index is 13.0. The smallest absolute Gasteiger partial charge is 0.349 e. The van der Waals surface area contributed by atoms with E-state index in [4.69, 9.17) is 9.47 Å². The van der Waals surface area contributed by atoms with Crippen molar-refractivity contribution in [1.29, 1.82) is 0 Å². The number of hydrogen-bond acceptors (Lipinski definition) is 7. The number of benzene rings is 2. The molecule has 34 heavy (non-hydrogen) atoms. The summed E-state index contributed by atoms with van der Waals surface area (Å²) in [7, 11) is 0. The molecule has 0 saturated carbocycles. The number of nitrogens with zero attached hydrogens (tertiary/aromatic N) is 1. The third-order valence-corrected chi connectivity index (χ3v) is 4.70. The Morgan fingerprint density at radius 3 is 1.76 bits per heavy atom. The number of amides is 1. The Morgan fingerprint density at radius 1 is 0.794 bits per heavy atom. The molecular formula is C25H22N2O7. The van der Waals surface area contributed by atoms with E-state index in [1.165, 1.54) is 48.8 Å². The quantitative estimate of drug-likeness (QED) is 0.488. The molecule has 1 heterocycles. The van der Waals surface area contributed by atoms with Gasteiger partial charge < -0.3 is 19.9 Å². The summed E-state index contributed by atoms with van der Waals surface area (Å²) >= 11 is 0. The highest BCUT2D eigenvalue weighted by Crippen LogP contribution is 2.16. The summed E-state index contributed by atoms with van der Waals surface area (Å²) in [4.78, 5) is 54.3. The number of aromatic nitrogens is 1. The monoisotopic (exact) mass is 462 g/mol. The number of pyridine rings is 1. The molecule has 2 unspecified atom stereocenters. The molecule has 9 nitrogen and oxygen atoms in total. The van der Waals surface area contributed by atoms with Crippen LogP contribution in [0.5, 0.6) is 0 Å². The van der Waals surface area contributed by atoms with Crippen LogP contribution in [-0.2, 0) is 19.1 Å². The van der Waals surface area contributed by atoms with Crippen LogP contribution in [0.2, 0.25) is 0 Å². The van der Waals surface area contributed by atoms with Crippen molar-refractivity contribution in [2.24, 2.45) is 0 Å². The molecule has 2 aromatic carbocycles. The van der Waals surface area contributed by atoms with E-state index in [9.17, 15) is 24.3 Å². The third kappa shape index (κ3) is 6.26. The van der Waals surface area contributed by atoms with Gasteiger partial charge in [-0.1, -0.05) is 35.4 Å². The Bertz CT molecular complexity index is 1210. The fraction of sp³-hybridized carbons (Fsp3) is 0.160. The van der Waals surface area contributed by atoms with Crippen molar-refractivity contribution in [2.75, 3.05) is 5.32 Å². The molecule has 0 saturated heterocycles. The van der Waals surface area contributed by atoms with Crippen LogP contribution in [-0.4, -0.2) is 46.1 Å². The number of anilines is 1. The average molecular weight is 462 g/mol. The maximum Gasteiger partial charge on any atom is 0.349 e. The Morgan fingerprint density at radius 2 is 1.29 bits per heavy atom. The largest absolute Gasteiger partial charge is 0.478 e. The number of carbonyl (C=O) groups is 4. The zero-order valence-electron chi connectivity index (χ0n) is 18.4. The lowest BCUT2D eigenvalue weighted by Gasteiger charge is -2.23. The normalized spacial score (nSPS) is 12.2. The van der Waals surface area contributed by atoms with Crippen LogP contribution in [0.25, 0.3) is 0 Å². The summed E-state index contributed by atoms with van der Waals surface area (Å²) < 4.78 is 10.4. The van der Waals surface area contributed by atoms with Gasteiger partial charge in [0.05, 0.1) is 11.1 Å². The molecule has 0 bridgehead atoms. The molecule has 1 aromatic heterocycles. The van der Waals surface area contributed by atoms with Gasteiger partial charge in [-0.15, -0.1) is 0 Å². The van der Waals surface area contributed by atoms with Gasteiger partial charge in [-0.3, -0.25) is 9.78 Å². The van der Waals surface area contributed by atoms with Crippen LogP contribution >= 0.6 is 0 Å². The van der Waals surface area contributed by atoms with Crippen molar-refractivity contribution in [3.8, 4) is 0 Å². The molecule has 0 aliphatic carbocycles. The molecule has 0 radical (unpaired) electrons. The van der Waals surface area contributed by atoms with Crippen LogP contribution in [0.3, 0.4) is 0 Å². The minimum absolute atomic E-state index is 0.0875. The minimum atomic E-state index is -2.11. The topological polar surface area (TPSA) is 132 Å². The number of hydrogen-bond donors (Lipinski definition) is 2. The SMILES string of the molecule is Cc1cccc(C(=O)OC(C(=O)O)C(OC(=O)c2cccc(C)c2)C(=O)Nc2ccncc2)c1. The van der Waals surface area contributed by atoms with Crippen molar-refractivity contribution in [3.63, 3.8) is 0 Å². The third-order valence-electron chi connectivity index (χ3n) is 4.70. The average Bonchev–Trinajstić information content (AvgIpc) is 2.81. The van der Waals surface area contributed by atoms with Gasteiger partial charge >= 0.3 is 17.9 Å². The number of carbonyl (C=O) groups excluding carboxylic acids is 3. The van der Waals surface area contributed by atoms with Gasteiger partial charge in [0.25, 0.3) is 5.91 Å². The molecule has 0 fully saturated rings. The molecule has 3 aromatic rings. The van der Waals surface area contributed by atoms with Gasteiger partial charge in [0.15, 0.2) is 0 Å². The van der Waals surface area contributed by atoms with Crippen LogP contribution in [0.1, 0.15) is 31.8 Å². The molecular weight excluding hydrogens is 440 g/mol. The molecule has 0 spiro atoms. The zero-order valence-corrected chi connectivity index (χ0v) is 18.4. The standard InChI is InChI=1S/C25H22N2O7/c1-15-5-3-7-17(13-15)24(31)33-20(22(28)27-19-9-11-26-12-10-19)21(23(29)30)34-25(32)18-8-4-6-16(2)14-18/h3-14,20-21H,1-2H3,(H,29,30)(H,26,27,28). The number of carboxylic acid groups (broad SMARTS) is 1. The lowest BCUT2D eigenvalue weighted by molar-refractivity contribution is -0.157. The Kier molecular flexibility index (Phi) is 7.71. The van der Waals surface area contributed by atoms with Gasteiger partial charge in [0.2, 0.25) is 12.2 Å². The lowest BCUT2D eigenvalue weighted by atomic mass is 10.1. The van der Waals surface area contributed by atoms with E-state index >= 15 is 0 Å². The van der Waals surface area contributed by atoms with Gasteiger partial charge in [-0.2, -0.15) is 0 Å². The summed E-state index contributed by atoms with van der Waals surface area (Å²) in [5.74, 6) is -4.58. The van der Waals surface area contributed by atoms with Gasteiger partial charge in [-0.05, 0) is 50.2 Å². The van der Waals surface area contributed by atoms with E-state index in [1.807, 2.05) is 0 Å². The van der Waals surface area contributed by atoms with Gasteiger partial charge in [0, 0.05) is 18.1 Å². The summed E-state index contributed by atoms with van der Waals surface area (Å²) in [6.45, 7) is 3.51. The molecule has 3 rings (SSSR count). The molecule has 9 heteroatoms. The van der Waals surface area contributed by atoms with E-state index in [0.29, 0.717) is 0 Å². The highest BCUT2D eigenvalue weighted by atomic mass is 16.6. The minimum Gasteiger partial charge on any atom is -0.478 e. The number of nitrogens with one attached hydrogen (secondary N) is 1. The number of rotatable bonds is 8. The zero-order chi connectivity index (χ0) is 24.7. The fourth-order valence-electron chi connectivity index (χ4n) is 3.05. The molecule has 0 aliphatic rings. The molecule has 174 valence electrons. The first kappa shape index (κ1) is 24.1. The Balaban J connectivity index is 1.91. The second-order valence-electron chi connectivity index (χ2n) is 7.45. The number of aliphatic carboxylic acids is 1. The summed E-state index contributed by atoms with van der Waals surface area (Å²) in [6.07, 6.45) is -1.26. The van der Waals surface area contributed by atoms with Crippen LogP contribution < -0.4 is 5.32 Å². The summed E-state index contributed by atoms with van der Waals surface area (Å²) in [6, 6.07) is 15.6. The van der Waals surface area contributed by atoms with E-state index in [2.05, 4.69) is 10.3 Å². The second-order valence-corrected chi connectivity index (χ2v) is 7.45. The maximum absolute atomic E-state index is 13.0. The summed E-state index contributed by atoms with van der Waals surface area (Å²) in [5.41, 5.74) is 1.98. The van der Waals surface area contributed by atoms with Gasteiger partial charge in [0.1, 0.15) is 0 Å². The van der Waals surface area contributed by atoms with Crippen molar-refractivity contribution in [2.45, 2.75) is 26.1 Å². The number of aryl methyl sites for hydroxylation is 2. The predicted molar refractivity (Wildman–Crippen MR) is 121 cm³/mol. The fourth-order valence-corrected chi connectivity index (χ4v) is 3.05. The molecule has 1 amide bonds. The number of carboxylic acids is 1. The lowest BCUT2D eigenvalue weighted by Crippen LogP contribution is -2.48. The van der Waals surface area contributed by atoms with E-state index in [0.717, 1.165) is 11.1 Å². The van der Waals surface area contributed by atoms with Crippen molar-refractivity contribution < 1.29 is 33.8 Å². The van der Waals surface area contributed by atoms with Gasteiger partial charge in [-0.25, -0.2) is 14.4 Å². The number of ether oxygens (including phenoxy) is 2. The Labute approximate surface area is 195 Å². The molecule has 2 atom stereocenters. The van der Waals surface area contributed by atoms with Crippen LogP contribution in [0, 0.1) is 13.8 Å². The van der Waals surface area contributed by atoms with E-state index in [1.54, 1.807) is 38.1 Å². The molecule has 0 aliphatic heterocycles. The predicted octanol–water partition coefficient (Wildman–Crippen LogP) is 3.17. The first-order chi connectivity index (χ1) is 16.2. The highest BCUT2D eigenvalue weighted by molar-refractivity contribution is 6.01. The Hall–Kier alpha value is -4.53. The van der Waals surface area contributed by atoms with E-state index < -0.39 is 36.0 Å². The van der Waals surface area contributed by atoms with E-state index in [-0.39, 0.29) is 16.8 Å².